The van der Waals surface area contributed by atoms with Crippen molar-refractivity contribution in [2.45, 2.75) is 10.6 Å². The molecule has 0 aromatic heterocycles. The van der Waals surface area contributed by atoms with Gasteiger partial charge < -0.3 is 15.2 Å². The van der Waals surface area contributed by atoms with E-state index in [0.29, 0.717) is 16.4 Å². The summed E-state index contributed by atoms with van der Waals surface area (Å²) in [5, 5.41) is 0. The van der Waals surface area contributed by atoms with Crippen LogP contribution in [0.3, 0.4) is 0 Å². The largest absolute Gasteiger partial charge is 0.493 e. The van der Waals surface area contributed by atoms with Crippen molar-refractivity contribution in [3.8, 4) is 11.5 Å². The molecular formula is C15H16FNO3S. The van der Waals surface area contributed by atoms with Crippen LogP contribution in [0.2, 0.25) is 0 Å². The average Bonchev–Trinajstić information content (AvgIpc) is 2.46. The number of benzene rings is 2. The predicted octanol–water partition coefficient (Wildman–Crippen LogP) is 2.73. The van der Waals surface area contributed by atoms with Crippen LogP contribution in [0.15, 0.2) is 41.3 Å². The van der Waals surface area contributed by atoms with E-state index in [1.54, 1.807) is 25.3 Å². The van der Waals surface area contributed by atoms with Gasteiger partial charge in [-0.15, -0.1) is 0 Å². The Kier molecular flexibility index (Phi) is 4.80. The number of methoxy groups -OCH3 is 2. The van der Waals surface area contributed by atoms with E-state index in [0.717, 1.165) is 5.56 Å². The molecule has 0 aliphatic rings. The van der Waals surface area contributed by atoms with Gasteiger partial charge in [0.25, 0.3) is 0 Å². The summed E-state index contributed by atoms with van der Waals surface area (Å²) < 4.78 is 35.7. The fourth-order valence-electron chi connectivity index (χ4n) is 1.93. The third-order valence-corrected chi connectivity index (χ3v) is 4.42. The first-order valence-corrected chi connectivity index (χ1v) is 7.51. The summed E-state index contributed by atoms with van der Waals surface area (Å²) in [5.74, 6) is 0.989. The van der Waals surface area contributed by atoms with E-state index in [1.165, 1.54) is 25.3 Å². The maximum absolute atomic E-state index is 13.0. The first kappa shape index (κ1) is 15.3. The number of nitrogens with two attached hydrogens (primary N) is 1. The number of ether oxygens (including phenoxy) is 2. The van der Waals surface area contributed by atoms with Gasteiger partial charge in [-0.25, -0.2) is 4.39 Å². The van der Waals surface area contributed by atoms with E-state index in [4.69, 9.17) is 15.2 Å². The molecule has 1 atom stereocenters. The number of rotatable bonds is 5. The minimum atomic E-state index is -1.36. The van der Waals surface area contributed by atoms with Crippen molar-refractivity contribution in [1.82, 2.24) is 0 Å². The van der Waals surface area contributed by atoms with Gasteiger partial charge in [-0.2, -0.15) is 0 Å². The maximum atomic E-state index is 13.0. The standard InChI is InChI=1S/C15H16FNO3S/c1-19-13-5-3-10(7-14(13)20-2)9-21(18)15-6-4-11(16)8-12(15)17/h3-8H,9,17H2,1-2H3. The van der Waals surface area contributed by atoms with Crippen molar-refractivity contribution in [2.24, 2.45) is 0 Å². The Morgan fingerprint density at radius 1 is 1.10 bits per heavy atom. The van der Waals surface area contributed by atoms with Gasteiger partial charge in [0.1, 0.15) is 5.82 Å². The van der Waals surface area contributed by atoms with Gasteiger partial charge >= 0.3 is 0 Å². The van der Waals surface area contributed by atoms with Crippen molar-refractivity contribution in [3.05, 3.63) is 47.8 Å². The van der Waals surface area contributed by atoms with Crippen molar-refractivity contribution in [1.29, 1.82) is 0 Å². The number of halogens is 1. The van der Waals surface area contributed by atoms with Gasteiger partial charge in [-0.1, -0.05) is 6.07 Å². The molecule has 0 fully saturated rings. The number of hydrogen-bond acceptors (Lipinski definition) is 4. The topological polar surface area (TPSA) is 61.5 Å². The van der Waals surface area contributed by atoms with Gasteiger partial charge in [0.15, 0.2) is 11.5 Å². The zero-order chi connectivity index (χ0) is 15.4. The lowest BCUT2D eigenvalue weighted by atomic mass is 10.2. The molecule has 0 radical (unpaired) electrons. The summed E-state index contributed by atoms with van der Waals surface area (Å²) in [6.45, 7) is 0. The minimum Gasteiger partial charge on any atom is -0.493 e. The molecule has 0 bridgehead atoms. The molecular weight excluding hydrogens is 293 g/mol. The van der Waals surface area contributed by atoms with Crippen molar-refractivity contribution >= 4 is 16.5 Å². The van der Waals surface area contributed by atoms with Crippen LogP contribution in [0.5, 0.6) is 11.5 Å². The lowest BCUT2D eigenvalue weighted by Crippen LogP contribution is -2.02. The summed E-state index contributed by atoms with van der Waals surface area (Å²) in [6.07, 6.45) is 0. The Hall–Kier alpha value is -2.08. The zero-order valence-electron chi connectivity index (χ0n) is 11.8. The molecule has 112 valence electrons. The predicted molar refractivity (Wildman–Crippen MR) is 80.5 cm³/mol. The Morgan fingerprint density at radius 3 is 2.43 bits per heavy atom. The lowest BCUT2D eigenvalue weighted by Gasteiger charge is -2.10. The SMILES string of the molecule is COc1ccc(CS(=O)c2ccc(F)cc2N)cc1OC. The Bertz CT molecular complexity index is 676. The van der Waals surface area contributed by atoms with Crippen LogP contribution in [0.4, 0.5) is 10.1 Å². The van der Waals surface area contributed by atoms with Gasteiger partial charge in [0.05, 0.1) is 41.4 Å². The van der Waals surface area contributed by atoms with Crippen LogP contribution >= 0.6 is 0 Å². The Morgan fingerprint density at radius 2 is 1.81 bits per heavy atom. The summed E-state index contributed by atoms with van der Waals surface area (Å²) in [6, 6.07) is 9.18. The molecule has 21 heavy (non-hydrogen) atoms. The van der Waals surface area contributed by atoms with E-state index < -0.39 is 16.6 Å². The quantitative estimate of drug-likeness (QED) is 0.863. The number of nitrogen functional groups attached to an aromatic ring is 1. The molecule has 0 saturated carbocycles. The molecule has 0 aliphatic heterocycles. The Balaban J connectivity index is 2.23. The third-order valence-electron chi connectivity index (χ3n) is 2.96. The highest BCUT2D eigenvalue weighted by atomic mass is 32.2. The Labute approximate surface area is 125 Å². The summed E-state index contributed by atoms with van der Waals surface area (Å²) in [5.41, 5.74) is 6.70. The third kappa shape index (κ3) is 3.52. The smallest absolute Gasteiger partial charge is 0.161 e. The van der Waals surface area contributed by atoms with Gasteiger partial charge in [0.2, 0.25) is 0 Å². The van der Waals surface area contributed by atoms with Crippen LogP contribution in [-0.4, -0.2) is 18.4 Å². The normalized spacial score (nSPS) is 12.0. The molecule has 2 rings (SSSR count). The molecule has 0 saturated heterocycles. The summed E-state index contributed by atoms with van der Waals surface area (Å²) >= 11 is 0. The first-order chi connectivity index (χ1) is 10.0. The van der Waals surface area contributed by atoms with Gasteiger partial charge in [-0.3, -0.25) is 4.21 Å². The zero-order valence-corrected chi connectivity index (χ0v) is 12.6. The second kappa shape index (κ2) is 6.58. The van der Waals surface area contributed by atoms with E-state index >= 15 is 0 Å². The molecule has 6 heteroatoms. The molecule has 4 nitrogen and oxygen atoms in total. The molecule has 2 aromatic carbocycles. The summed E-state index contributed by atoms with van der Waals surface area (Å²) in [4.78, 5) is 0.422. The van der Waals surface area contributed by atoms with Gasteiger partial charge in [-0.05, 0) is 35.9 Å². The molecule has 1 unspecified atom stereocenters. The fraction of sp³-hybridized carbons (Fsp3) is 0.200. The van der Waals surface area contributed by atoms with E-state index in [2.05, 4.69) is 0 Å². The fourth-order valence-corrected chi connectivity index (χ4v) is 3.11. The number of anilines is 1. The monoisotopic (exact) mass is 309 g/mol. The van der Waals surface area contributed by atoms with Crippen LogP contribution in [0, 0.1) is 5.82 Å². The van der Waals surface area contributed by atoms with E-state index in [-0.39, 0.29) is 11.4 Å². The van der Waals surface area contributed by atoms with Crippen LogP contribution in [0.25, 0.3) is 0 Å². The second-order valence-corrected chi connectivity index (χ2v) is 5.78. The number of hydrogen-bond donors (Lipinski definition) is 1. The van der Waals surface area contributed by atoms with Crippen LogP contribution in [0.1, 0.15) is 5.56 Å². The van der Waals surface area contributed by atoms with E-state index in [9.17, 15) is 8.60 Å². The summed E-state index contributed by atoms with van der Waals surface area (Å²) in [7, 11) is 1.73. The van der Waals surface area contributed by atoms with E-state index in [1.807, 2.05) is 0 Å². The van der Waals surface area contributed by atoms with Crippen LogP contribution in [-0.2, 0) is 16.6 Å². The van der Waals surface area contributed by atoms with Crippen molar-refractivity contribution in [2.75, 3.05) is 20.0 Å². The lowest BCUT2D eigenvalue weighted by molar-refractivity contribution is 0.354. The highest BCUT2D eigenvalue weighted by molar-refractivity contribution is 7.84. The molecule has 2 N–H and O–H groups in total. The first-order valence-electron chi connectivity index (χ1n) is 6.19. The molecule has 0 heterocycles. The van der Waals surface area contributed by atoms with Gasteiger partial charge in [0, 0.05) is 0 Å². The molecule has 0 amide bonds. The highest BCUT2D eigenvalue weighted by Crippen LogP contribution is 2.29. The molecule has 0 spiro atoms. The average molecular weight is 309 g/mol. The second-order valence-electron chi connectivity index (χ2n) is 4.36. The van der Waals surface area contributed by atoms with Crippen molar-refractivity contribution in [3.63, 3.8) is 0 Å². The molecule has 2 aromatic rings. The van der Waals surface area contributed by atoms with Crippen molar-refractivity contribution < 1.29 is 18.1 Å². The molecule has 0 aliphatic carbocycles. The highest BCUT2D eigenvalue weighted by Gasteiger charge is 2.12. The maximum Gasteiger partial charge on any atom is 0.161 e. The minimum absolute atomic E-state index is 0.189. The van der Waals surface area contributed by atoms with Crippen LogP contribution < -0.4 is 15.2 Å².